The van der Waals surface area contributed by atoms with Crippen LogP contribution in [0.25, 0.3) is 44.3 Å². The van der Waals surface area contributed by atoms with E-state index in [4.69, 9.17) is 0 Å². The number of nitrogens with zero attached hydrogens (tertiary/aromatic N) is 7. The Morgan fingerprint density at radius 2 is 1.33 bits per heavy atom. The van der Waals surface area contributed by atoms with Crippen LogP contribution in [0.15, 0.2) is 83.1 Å². The molecule has 6 aromatic rings. The number of anilines is 2. The number of likely N-dealkylation sites (tertiary alicyclic amines) is 2. The summed E-state index contributed by atoms with van der Waals surface area (Å²) in [5, 5.41) is 16.2. The lowest BCUT2D eigenvalue weighted by Crippen LogP contribution is -2.46. The monoisotopic (exact) mass is 571 g/mol. The van der Waals surface area contributed by atoms with Crippen LogP contribution in [-0.4, -0.2) is 85.5 Å². The van der Waals surface area contributed by atoms with Gasteiger partial charge in [-0.3, -0.25) is 15.1 Å². The van der Waals surface area contributed by atoms with Gasteiger partial charge in [0.2, 0.25) is 0 Å². The highest BCUT2D eigenvalue weighted by Gasteiger charge is 2.41. The summed E-state index contributed by atoms with van der Waals surface area (Å²) in [7, 11) is 2.27. The fraction of sp³-hybridized carbons (Fsp3) is 0.250. The second kappa shape index (κ2) is 9.38. The predicted octanol–water partition coefficient (Wildman–Crippen LogP) is 5.55. The van der Waals surface area contributed by atoms with Gasteiger partial charge >= 0.3 is 0 Å². The summed E-state index contributed by atoms with van der Waals surface area (Å²) in [5.74, 6) is 0. The van der Waals surface area contributed by atoms with E-state index in [0.29, 0.717) is 12.1 Å². The van der Waals surface area contributed by atoms with Crippen LogP contribution in [0.4, 0.5) is 11.4 Å². The van der Waals surface area contributed by atoms with Crippen LogP contribution < -0.4 is 4.90 Å². The fourth-order valence-corrected chi connectivity index (χ4v) is 8.10. The van der Waals surface area contributed by atoms with E-state index in [9.17, 15) is 0 Å². The van der Waals surface area contributed by atoms with Crippen molar-refractivity contribution in [2.24, 2.45) is 0 Å². The zero-order chi connectivity index (χ0) is 27.8. The van der Waals surface area contributed by atoms with Crippen LogP contribution >= 0.6 is 11.8 Å². The molecular weight excluding hydrogens is 542 g/mol. The quantitative estimate of drug-likeness (QED) is 0.278. The Hall–Kier alpha value is -4.25. The Bertz CT molecular complexity index is 1850. The van der Waals surface area contributed by atoms with E-state index in [1.54, 1.807) is 0 Å². The largest absolute Gasteiger partial charge is 0.338 e. The summed E-state index contributed by atoms with van der Waals surface area (Å²) in [6, 6.07) is 19.4. The minimum atomic E-state index is 0.679. The van der Waals surface area contributed by atoms with Crippen LogP contribution in [0.1, 0.15) is 6.42 Å². The molecular formula is C32H29N9S. The summed E-state index contributed by atoms with van der Waals surface area (Å²) >= 11 is 1.85. The molecule has 0 unspecified atom stereocenters. The van der Waals surface area contributed by atoms with Crippen molar-refractivity contribution in [1.82, 2.24) is 40.2 Å². The fourth-order valence-electron chi connectivity index (χ4n) is 6.93. The lowest BCUT2D eigenvalue weighted by Gasteiger charge is -2.37. The van der Waals surface area contributed by atoms with Gasteiger partial charge in [0.05, 0.1) is 23.8 Å². The molecule has 7 heterocycles. The number of benzene rings is 2. The molecule has 0 amide bonds. The molecule has 2 saturated heterocycles. The smallest absolute Gasteiger partial charge is 0.155 e. The van der Waals surface area contributed by atoms with Crippen molar-refractivity contribution in [3.05, 3.63) is 73.3 Å². The van der Waals surface area contributed by atoms with E-state index in [0.717, 1.165) is 57.4 Å². The van der Waals surface area contributed by atoms with Gasteiger partial charge in [-0.05, 0) is 61.0 Å². The highest BCUT2D eigenvalue weighted by molar-refractivity contribution is 7.99. The molecule has 208 valence electrons. The number of pyridine rings is 2. The van der Waals surface area contributed by atoms with Gasteiger partial charge in [0.15, 0.2) is 11.3 Å². The number of hydrogen-bond acceptors (Lipinski definition) is 8. The van der Waals surface area contributed by atoms with Gasteiger partial charge in [-0.25, -0.2) is 9.97 Å². The van der Waals surface area contributed by atoms with Crippen LogP contribution in [0.2, 0.25) is 0 Å². The van der Waals surface area contributed by atoms with Gasteiger partial charge in [-0.2, -0.15) is 10.2 Å². The van der Waals surface area contributed by atoms with E-state index in [1.165, 1.54) is 40.7 Å². The zero-order valence-electron chi connectivity index (χ0n) is 23.2. The maximum Gasteiger partial charge on any atom is 0.155 e. The first-order valence-corrected chi connectivity index (χ1v) is 15.2. The third kappa shape index (κ3) is 3.93. The molecule has 9 rings (SSSR count). The van der Waals surface area contributed by atoms with Crippen molar-refractivity contribution in [1.29, 1.82) is 0 Å². The van der Waals surface area contributed by atoms with E-state index >= 15 is 0 Å². The van der Waals surface area contributed by atoms with Gasteiger partial charge in [-0.15, -0.1) is 0 Å². The lowest BCUT2D eigenvalue weighted by molar-refractivity contribution is 0.153. The highest BCUT2D eigenvalue weighted by Crippen LogP contribution is 2.50. The Balaban J connectivity index is 1.09. The normalized spacial score (nSPS) is 20.1. The van der Waals surface area contributed by atoms with Crippen molar-refractivity contribution in [2.75, 3.05) is 38.1 Å². The Morgan fingerprint density at radius 1 is 0.714 bits per heavy atom. The number of rotatable bonds is 5. The van der Waals surface area contributed by atoms with Crippen LogP contribution in [-0.2, 0) is 0 Å². The molecule has 2 aromatic carbocycles. The van der Waals surface area contributed by atoms with Crippen LogP contribution in [0, 0.1) is 0 Å². The summed E-state index contributed by atoms with van der Waals surface area (Å²) in [6.45, 7) is 4.38. The van der Waals surface area contributed by atoms with E-state index in [2.05, 4.69) is 101 Å². The number of aromatic amines is 2. The summed E-state index contributed by atoms with van der Waals surface area (Å²) < 4.78 is 0. The average molecular weight is 572 g/mol. The number of piperazine rings is 1. The number of aromatic nitrogens is 6. The van der Waals surface area contributed by atoms with Crippen LogP contribution in [0.3, 0.4) is 0 Å². The standard InChI is InChI=1S/C32H29N9S/c1-39-17-26-12-25(39)18-40(26)6-7-41-27-4-2-19(21-8-23-15-35-37-31(23)33-13-21)10-29(27)42-30-11-20(3-5-28(30)41)22-9-24-16-36-38-32(24)34-14-22/h2-5,8-11,13-16,25-26H,6-7,12,17-18H2,1H3,(H,33,35,37)(H,34,36,38)/t25-,26-/m1/s1. The molecule has 9 nitrogen and oxygen atoms in total. The van der Waals surface area contributed by atoms with Crippen molar-refractivity contribution >= 4 is 45.2 Å². The van der Waals surface area contributed by atoms with Crippen molar-refractivity contribution < 1.29 is 0 Å². The second-order valence-corrected chi connectivity index (χ2v) is 12.7. The summed E-state index contributed by atoms with van der Waals surface area (Å²) in [6.07, 6.45) is 8.82. The summed E-state index contributed by atoms with van der Waals surface area (Å²) in [4.78, 5) is 19.4. The first-order chi connectivity index (χ1) is 20.7. The van der Waals surface area contributed by atoms with E-state index < -0.39 is 0 Å². The molecule has 42 heavy (non-hydrogen) atoms. The molecule has 3 aliphatic heterocycles. The molecule has 2 bridgehead atoms. The molecule has 10 heteroatoms. The van der Waals surface area contributed by atoms with E-state index in [1.807, 2.05) is 36.5 Å². The third-order valence-corrected chi connectivity index (χ3v) is 10.3. The maximum atomic E-state index is 4.58. The van der Waals surface area contributed by atoms with Crippen molar-refractivity contribution in [3.63, 3.8) is 0 Å². The predicted molar refractivity (Wildman–Crippen MR) is 166 cm³/mol. The summed E-state index contributed by atoms with van der Waals surface area (Å²) in [5.41, 5.74) is 8.66. The molecule has 2 fully saturated rings. The lowest BCUT2D eigenvalue weighted by atomic mass is 10.0. The van der Waals surface area contributed by atoms with Gasteiger partial charge in [0, 0.05) is 82.3 Å². The first-order valence-electron chi connectivity index (χ1n) is 14.4. The Morgan fingerprint density at radius 3 is 1.88 bits per heavy atom. The number of likely N-dealkylation sites (N-methyl/N-ethyl adjacent to an activating group) is 1. The molecule has 2 atom stereocenters. The average Bonchev–Trinajstić information content (AvgIpc) is 3.82. The molecule has 0 aliphatic carbocycles. The molecule has 2 N–H and O–H groups in total. The van der Waals surface area contributed by atoms with Gasteiger partial charge in [0.1, 0.15) is 0 Å². The minimum Gasteiger partial charge on any atom is -0.338 e. The number of hydrogen-bond donors (Lipinski definition) is 2. The van der Waals surface area contributed by atoms with E-state index in [-0.39, 0.29) is 0 Å². The van der Waals surface area contributed by atoms with Gasteiger partial charge < -0.3 is 9.80 Å². The highest BCUT2D eigenvalue weighted by atomic mass is 32.2. The van der Waals surface area contributed by atoms with Crippen molar-refractivity contribution in [3.8, 4) is 22.3 Å². The maximum absolute atomic E-state index is 4.58. The number of nitrogens with one attached hydrogen (secondary N) is 2. The molecule has 4 aromatic heterocycles. The Labute approximate surface area is 247 Å². The minimum absolute atomic E-state index is 0.679. The number of H-pyrrole nitrogens is 2. The number of fused-ring (bicyclic) bond motifs is 6. The molecule has 0 radical (unpaired) electrons. The molecule has 3 aliphatic rings. The van der Waals surface area contributed by atoms with Crippen molar-refractivity contribution in [2.45, 2.75) is 28.3 Å². The van der Waals surface area contributed by atoms with Crippen LogP contribution in [0.5, 0.6) is 0 Å². The SMILES string of the molecule is CN1C[C@H]2C[C@@H]1CN2CCN1c2ccc(-c3cnc4[nH]ncc4c3)cc2Sc2cc(-c3cnc4[nH]ncc4c3)ccc21. The second-order valence-electron chi connectivity index (χ2n) is 11.7. The zero-order valence-corrected chi connectivity index (χ0v) is 24.0. The molecule has 0 saturated carbocycles. The van der Waals surface area contributed by atoms with Gasteiger partial charge in [0.25, 0.3) is 0 Å². The van der Waals surface area contributed by atoms with Gasteiger partial charge in [-0.1, -0.05) is 23.9 Å². The third-order valence-electron chi connectivity index (χ3n) is 9.21. The topological polar surface area (TPSA) is 92.9 Å². The first kappa shape index (κ1) is 24.4. The Kier molecular flexibility index (Phi) is 5.44. The molecule has 0 spiro atoms.